The summed E-state index contributed by atoms with van der Waals surface area (Å²) >= 11 is 0. The highest BCUT2D eigenvalue weighted by molar-refractivity contribution is 5.60. The summed E-state index contributed by atoms with van der Waals surface area (Å²) in [5.41, 5.74) is 0. The molecule has 184 valence electrons. The molecule has 8 nitrogen and oxygen atoms in total. The first-order chi connectivity index (χ1) is 15.5. The quantitative estimate of drug-likeness (QED) is 0.523. The Hall–Kier alpha value is -1.54. The van der Waals surface area contributed by atoms with E-state index >= 15 is 0 Å². The van der Waals surface area contributed by atoms with E-state index in [1.54, 1.807) is 0 Å². The Morgan fingerprint density at radius 2 is 0.875 bits per heavy atom. The highest BCUT2D eigenvalue weighted by atomic mass is 16.7. The van der Waals surface area contributed by atoms with Crippen LogP contribution in [0.3, 0.4) is 0 Å². The summed E-state index contributed by atoms with van der Waals surface area (Å²) in [4.78, 5) is 23.7. The summed E-state index contributed by atoms with van der Waals surface area (Å²) in [6.07, 6.45) is 8.84. The monoisotopic (exact) mass is 456 g/mol. The minimum absolute atomic E-state index is 0.225. The van der Waals surface area contributed by atoms with E-state index in [9.17, 15) is 19.8 Å². The van der Waals surface area contributed by atoms with E-state index in [1.165, 1.54) is 0 Å². The lowest BCUT2D eigenvalue weighted by Crippen LogP contribution is -2.27. The number of rotatable bonds is 8. The Morgan fingerprint density at radius 1 is 0.531 bits per heavy atom. The van der Waals surface area contributed by atoms with Crippen LogP contribution in [0.25, 0.3) is 0 Å². The first kappa shape index (κ1) is 25.1. The lowest BCUT2D eigenvalue weighted by atomic mass is 9.83. The van der Waals surface area contributed by atoms with Crippen molar-refractivity contribution in [2.75, 3.05) is 26.4 Å². The average molecular weight is 457 g/mol. The normalized spacial score (nSPS) is 33.2. The van der Waals surface area contributed by atoms with Crippen molar-refractivity contribution in [2.45, 2.75) is 89.3 Å². The summed E-state index contributed by atoms with van der Waals surface area (Å²) in [6.45, 7) is 1.35. The molecule has 4 unspecified atom stereocenters. The van der Waals surface area contributed by atoms with E-state index in [0.29, 0.717) is 51.1 Å². The summed E-state index contributed by atoms with van der Waals surface area (Å²) in [5.74, 6) is 1.06. The number of carbonyl (C=O) groups excluding carboxylic acids is 2. The second-order valence-corrected chi connectivity index (χ2v) is 10.0. The van der Waals surface area contributed by atoms with Crippen molar-refractivity contribution in [3.8, 4) is 0 Å². The topological polar surface area (TPSA) is 112 Å². The molecule has 0 aromatic rings. The maximum atomic E-state index is 11.9. The molecular weight excluding hydrogens is 416 g/mol. The van der Waals surface area contributed by atoms with Gasteiger partial charge in [-0.3, -0.25) is 0 Å². The van der Waals surface area contributed by atoms with E-state index < -0.39 is 12.3 Å². The predicted octanol–water partition coefficient (Wildman–Crippen LogP) is 4.20. The van der Waals surface area contributed by atoms with Gasteiger partial charge in [0.05, 0.1) is 38.6 Å². The maximum Gasteiger partial charge on any atom is 0.508 e. The van der Waals surface area contributed by atoms with Crippen LogP contribution in [0.4, 0.5) is 9.59 Å². The number of hydrogen-bond acceptors (Lipinski definition) is 8. The van der Waals surface area contributed by atoms with Crippen LogP contribution >= 0.6 is 0 Å². The van der Waals surface area contributed by atoms with Crippen LogP contribution in [0.2, 0.25) is 0 Å². The predicted molar refractivity (Wildman–Crippen MR) is 116 cm³/mol. The molecule has 3 fully saturated rings. The fourth-order valence-electron chi connectivity index (χ4n) is 5.22. The van der Waals surface area contributed by atoms with Crippen LogP contribution < -0.4 is 0 Å². The van der Waals surface area contributed by atoms with Gasteiger partial charge in [-0.25, -0.2) is 9.59 Å². The van der Waals surface area contributed by atoms with Crippen LogP contribution in [0, 0.1) is 23.7 Å². The lowest BCUT2D eigenvalue weighted by molar-refractivity contribution is 0.00510. The third kappa shape index (κ3) is 9.14. The van der Waals surface area contributed by atoms with Crippen molar-refractivity contribution in [1.82, 2.24) is 0 Å². The molecule has 0 heterocycles. The second-order valence-electron chi connectivity index (χ2n) is 10.0. The third-order valence-electron chi connectivity index (χ3n) is 7.22. The molecule has 4 atom stereocenters. The van der Waals surface area contributed by atoms with Crippen molar-refractivity contribution in [1.29, 1.82) is 0 Å². The SMILES string of the molecule is O=C(OCC1CCC(COC(=O)OCC2CCCC(O)C2)CC1)OCC1CCCC(O)C1. The molecule has 0 aromatic carbocycles. The van der Waals surface area contributed by atoms with Gasteiger partial charge in [0.15, 0.2) is 0 Å². The molecule has 0 aliphatic heterocycles. The van der Waals surface area contributed by atoms with Gasteiger partial charge >= 0.3 is 12.3 Å². The zero-order valence-electron chi connectivity index (χ0n) is 19.1. The van der Waals surface area contributed by atoms with Gasteiger partial charge in [-0.1, -0.05) is 12.8 Å². The highest BCUT2D eigenvalue weighted by Crippen LogP contribution is 2.30. The maximum absolute atomic E-state index is 11.9. The molecule has 3 aliphatic rings. The smallest absolute Gasteiger partial charge is 0.434 e. The molecular formula is C24H40O8. The molecule has 0 spiro atoms. The van der Waals surface area contributed by atoms with Crippen LogP contribution in [0.5, 0.6) is 0 Å². The molecule has 32 heavy (non-hydrogen) atoms. The van der Waals surface area contributed by atoms with Crippen molar-refractivity contribution in [3.63, 3.8) is 0 Å². The first-order valence-corrected chi connectivity index (χ1v) is 12.4. The molecule has 3 rings (SSSR count). The summed E-state index contributed by atoms with van der Waals surface area (Å²) in [5, 5.41) is 19.4. The van der Waals surface area contributed by atoms with E-state index in [1.807, 2.05) is 0 Å². The fourth-order valence-corrected chi connectivity index (χ4v) is 5.22. The van der Waals surface area contributed by atoms with Gasteiger partial charge < -0.3 is 29.2 Å². The molecule has 0 radical (unpaired) electrons. The van der Waals surface area contributed by atoms with Crippen molar-refractivity contribution >= 4 is 12.3 Å². The molecule has 8 heteroatoms. The van der Waals surface area contributed by atoms with Crippen molar-refractivity contribution in [2.24, 2.45) is 23.7 Å². The third-order valence-corrected chi connectivity index (χ3v) is 7.22. The summed E-state index contributed by atoms with van der Waals surface area (Å²) in [6, 6.07) is 0. The van der Waals surface area contributed by atoms with Crippen LogP contribution in [-0.2, 0) is 18.9 Å². The minimum Gasteiger partial charge on any atom is -0.434 e. The first-order valence-electron chi connectivity index (χ1n) is 12.4. The zero-order valence-corrected chi connectivity index (χ0v) is 19.1. The van der Waals surface area contributed by atoms with E-state index in [4.69, 9.17) is 18.9 Å². The molecule has 3 saturated carbocycles. The van der Waals surface area contributed by atoms with Gasteiger partial charge in [0.2, 0.25) is 0 Å². The average Bonchev–Trinajstić information content (AvgIpc) is 2.79. The summed E-state index contributed by atoms with van der Waals surface area (Å²) in [7, 11) is 0. The lowest BCUT2D eigenvalue weighted by Gasteiger charge is -2.28. The van der Waals surface area contributed by atoms with Gasteiger partial charge in [0, 0.05) is 0 Å². The number of aliphatic hydroxyl groups is 2. The fraction of sp³-hybridized carbons (Fsp3) is 0.917. The Labute approximate surface area is 190 Å². The molecule has 0 aromatic heterocycles. The molecule has 0 bridgehead atoms. The van der Waals surface area contributed by atoms with Crippen LogP contribution in [0.1, 0.15) is 77.0 Å². The van der Waals surface area contributed by atoms with Crippen molar-refractivity contribution < 1.29 is 38.7 Å². The van der Waals surface area contributed by atoms with Crippen LogP contribution in [-0.4, -0.2) is 61.2 Å². The minimum atomic E-state index is -0.622. The Morgan fingerprint density at radius 3 is 1.22 bits per heavy atom. The van der Waals surface area contributed by atoms with Gasteiger partial charge in [0.1, 0.15) is 0 Å². The number of aliphatic hydroxyl groups excluding tert-OH is 2. The Kier molecular flexibility index (Phi) is 10.4. The van der Waals surface area contributed by atoms with E-state index in [0.717, 1.165) is 64.2 Å². The van der Waals surface area contributed by atoms with E-state index in [2.05, 4.69) is 0 Å². The molecule has 0 saturated heterocycles. The van der Waals surface area contributed by atoms with Gasteiger partial charge in [-0.2, -0.15) is 0 Å². The second kappa shape index (κ2) is 13.2. The summed E-state index contributed by atoms with van der Waals surface area (Å²) < 4.78 is 21.0. The number of ether oxygens (including phenoxy) is 4. The number of carbonyl (C=O) groups is 2. The highest BCUT2D eigenvalue weighted by Gasteiger charge is 2.26. The number of hydrogen-bond donors (Lipinski definition) is 2. The van der Waals surface area contributed by atoms with Gasteiger partial charge in [-0.15, -0.1) is 0 Å². The molecule has 0 amide bonds. The van der Waals surface area contributed by atoms with Crippen LogP contribution in [0.15, 0.2) is 0 Å². The zero-order chi connectivity index (χ0) is 22.8. The van der Waals surface area contributed by atoms with Gasteiger partial charge in [0.25, 0.3) is 0 Å². The largest absolute Gasteiger partial charge is 0.508 e. The Balaban J connectivity index is 1.20. The van der Waals surface area contributed by atoms with Gasteiger partial charge in [-0.05, 0) is 87.9 Å². The molecule has 3 aliphatic carbocycles. The van der Waals surface area contributed by atoms with E-state index in [-0.39, 0.29) is 24.0 Å². The van der Waals surface area contributed by atoms with Crippen molar-refractivity contribution in [3.05, 3.63) is 0 Å². The molecule has 2 N–H and O–H groups in total. The Bertz CT molecular complexity index is 524. The standard InChI is InChI=1S/C24H40O8/c25-21-5-1-3-19(11-21)15-31-23(27)29-13-17-7-9-18(10-8-17)14-30-24(28)32-16-20-4-2-6-22(26)12-20/h17-22,25-26H,1-16H2.